The lowest BCUT2D eigenvalue weighted by Crippen LogP contribution is -1.95. The summed E-state index contributed by atoms with van der Waals surface area (Å²) in [6, 6.07) is 0. The Morgan fingerprint density at radius 3 is 2.57 bits per heavy atom. The predicted molar refractivity (Wildman–Crippen MR) is 32.4 cm³/mol. The van der Waals surface area contributed by atoms with Crippen LogP contribution < -0.4 is 0 Å². The molecule has 0 spiro atoms. The van der Waals surface area contributed by atoms with Crippen LogP contribution in [0, 0.1) is 0 Å². The molecule has 0 aliphatic carbocycles. The van der Waals surface area contributed by atoms with E-state index in [1.165, 1.54) is 0 Å². The molecule has 0 saturated heterocycles. The van der Waals surface area contributed by atoms with Gasteiger partial charge in [-0.15, -0.1) is 0 Å². The minimum atomic E-state index is 0.822. The van der Waals surface area contributed by atoms with Gasteiger partial charge >= 0.3 is 0 Å². The van der Waals surface area contributed by atoms with Crippen LogP contribution in [0.1, 0.15) is 6.42 Å². The number of methoxy groups -OCH3 is 1. The van der Waals surface area contributed by atoms with E-state index in [0.29, 0.717) is 0 Å². The molecule has 0 aliphatic rings. The summed E-state index contributed by atoms with van der Waals surface area (Å²) in [4.78, 5) is 0. The lowest BCUT2D eigenvalue weighted by Gasteiger charge is -1.94. The van der Waals surface area contributed by atoms with E-state index in [0.717, 1.165) is 30.1 Å². The van der Waals surface area contributed by atoms with Crippen molar-refractivity contribution >= 4 is 10.5 Å². The van der Waals surface area contributed by atoms with Gasteiger partial charge in [-0.05, 0) is 6.42 Å². The van der Waals surface area contributed by atoms with Crippen molar-refractivity contribution in [3.05, 3.63) is 0 Å². The van der Waals surface area contributed by atoms with E-state index >= 15 is 0 Å². The van der Waals surface area contributed by atoms with Gasteiger partial charge < -0.3 is 9.16 Å². The minimum absolute atomic E-state index is 0.822. The van der Waals surface area contributed by atoms with E-state index in [9.17, 15) is 0 Å². The molecule has 44 valence electrons. The van der Waals surface area contributed by atoms with Gasteiger partial charge in [0, 0.05) is 20.3 Å². The molecule has 0 unspecified atom stereocenters. The predicted octanol–water partition coefficient (Wildman–Crippen LogP) is -0.680. The average Bonchev–Trinajstić information content (AvgIpc) is 1.69. The topological polar surface area (TPSA) is 18.5 Å². The summed E-state index contributed by atoms with van der Waals surface area (Å²) in [6.45, 7) is 1.68. The maximum absolute atomic E-state index is 4.90. The second kappa shape index (κ2) is 6.14. The van der Waals surface area contributed by atoms with Crippen LogP contribution in [0.3, 0.4) is 0 Å². The number of hydrogen-bond acceptors (Lipinski definition) is 2. The lowest BCUT2D eigenvalue weighted by atomic mass is 10.5. The zero-order valence-electron chi connectivity index (χ0n) is 4.94. The summed E-state index contributed by atoms with van der Waals surface area (Å²) < 4.78 is 9.68. The molecule has 0 amide bonds. The Balaban J connectivity index is 2.45. The van der Waals surface area contributed by atoms with Crippen LogP contribution in [0.15, 0.2) is 0 Å². The molecule has 0 fully saturated rings. The Bertz CT molecular complexity index is 28.9. The summed E-state index contributed by atoms with van der Waals surface area (Å²) >= 11 is 0. The highest BCUT2D eigenvalue weighted by Crippen LogP contribution is 1.77. The SMILES string of the molecule is COCCCO[SiH3]. The van der Waals surface area contributed by atoms with Gasteiger partial charge in [0.05, 0.1) is 0 Å². The first-order valence-electron chi connectivity index (χ1n) is 2.39. The monoisotopic (exact) mass is 120 g/mol. The van der Waals surface area contributed by atoms with Gasteiger partial charge in [-0.25, -0.2) is 0 Å². The normalized spacial score (nSPS) is 9.86. The second-order valence-electron chi connectivity index (χ2n) is 1.34. The fraction of sp³-hybridized carbons (Fsp3) is 1.00. The Hall–Kier alpha value is 0.137. The number of rotatable bonds is 4. The molecule has 0 aromatic carbocycles. The smallest absolute Gasteiger partial charge is 0.145 e. The summed E-state index contributed by atoms with van der Waals surface area (Å²) in [5.74, 6) is 0. The molecule has 0 bridgehead atoms. The fourth-order valence-electron chi connectivity index (χ4n) is 0.348. The summed E-state index contributed by atoms with van der Waals surface area (Å²) in [5, 5.41) is 0. The van der Waals surface area contributed by atoms with Crippen molar-refractivity contribution in [3.8, 4) is 0 Å². The van der Waals surface area contributed by atoms with Gasteiger partial charge in [0.15, 0.2) is 0 Å². The minimum Gasteiger partial charge on any atom is -0.428 e. The molecule has 0 rings (SSSR count). The molecule has 0 radical (unpaired) electrons. The van der Waals surface area contributed by atoms with Crippen LogP contribution in [-0.2, 0) is 9.16 Å². The molecular weight excluding hydrogens is 108 g/mol. The number of hydrogen-bond donors (Lipinski definition) is 0. The first-order valence-corrected chi connectivity index (χ1v) is 3.21. The third-order valence-corrected chi connectivity index (χ3v) is 1.11. The van der Waals surface area contributed by atoms with Gasteiger partial charge in [-0.1, -0.05) is 0 Å². The maximum atomic E-state index is 4.90. The van der Waals surface area contributed by atoms with Gasteiger partial charge in [0.25, 0.3) is 0 Å². The van der Waals surface area contributed by atoms with E-state index < -0.39 is 0 Å². The highest BCUT2D eigenvalue weighted by Gasteiger charge is 1.79. The van der Waals surface area contributed by atoms with Crippen LogP contribution in [0.25, 0.3) is 0 Å². The molecule has 0 aromatic rings. The largest absolute Gasteiger partial charge is 0.428 e. The lowest BCUT2D eigenvalue weighted by molar-refractivity contribution is 0.175. The van der Waals surface area contributed by atoms with Crippen LogP contribution in [0.2, 0.25) is 0 Å². The third-order valence-electron chi connectivity index (χ3n) is 0.697. The zero-order chi connectivity index (χ0) is 5.54. The Morgan fingerprint density at radius 2 is 2.14 bits per heavy atom. The van der Waals surface area contributed by atoms with E-state index in [4.69, 9.17) is 9.16 Å². The van der Waals surface area contributed by atoms with Gasteiger partial charge in [-0.2, -0.15) is 0 Å². The highest BCUT2D eigenvalue weighted by molar-refractivity contribution is 5.97. The van der Waals surface area contributed by atoms with Crippen molar-refractivity contribution in [1.82, 2.24) is 0 Å². The Morgan fingerprint density at radius 1 is 1.43 bits per heavy atom. The maximum Gasteiger partial charge on any atom is 0.145 e. The molecule has 0 N–H and O–H groups in total. The summed E-state index contributed by atoms with van der Waals surface area (Å²) in [6.07, 6.45) is 1.03. The average molecular weight is 120 g/mol. The molecule has 0 aromatic heterocycles. The third kappa shape index (κ3) is 6.14. The van der Waals surface area contributed by atoms with Crippen molar-refractivity contribution < 1.29 is 9.16 Å². The molecule has 7 heavy (non-hydrogen) atoms. The van der Waals surface area contributed by atoms with Crippen molar-refractivity contribution in [2.45, 2.75) is 6.42 Å². The van der Waals surface area contributed by atoms with E-state index in [2.05, 4.69) is 0 Å². The Labute approximate surface area is 47.4 Å². The molecule has 0 saturated carbocycles. The van der Waals surface area contributed by atoms with Crippen molar-refractivity contribution in [3.63, 3.8) is 0 Å². The molecular formula is C4H12O2Si. The van der Waals surface area contributed by atoms with E-state index in [1.54, 1.807) is 7.11 Å². The standard InChI is InChI=1S/C4H12O2Si/c1-5-3-2-4-6-7/h2-4H2,1,7H3. The van der Waals surface area contributed by atoms with Gasteiger partial charge in [0.2, 0.25) is 0 Å². The quantitative estimate of drug-likeness (QED) is 0.361. The first-order chi connectivity index (χ1) is 3.41. The molecule has 0 atom stereocenters. The van der Waals surface area contributed by atoms with Gasteiger partial charge in [0.1, 0.15) is 10.5 Å². The highest BCUT2D eigenvalue weighted by atomic mass is 28.2. The Kier molecular flexibility index (Phi) is 6.26. The fourth-order valence-corrected chi connectivity index (χ4v) is 0.636. The van der Waals surface area contributed by atoms with Crippen LogP contribution in [0.4, 0.5) is 0 Å². The molecule has 0 heterocycles. The summed E-state index contributed by atoms with van der Waals surface area (Å²) in [7, 11) is 2.55. The number of ether oxygens (including phenoxy) is 1. The molecule has 2 nitrogen and oxygen atoms in total. The van der Waals surface area contributed by atoms with Gasteiger partial charge in [-0.3, -0.25) is 0 Å². The van der Waals surface area contributed by atoms with Crippen LogP contribution in [0.5, 0.6) is 0 Å². The van der Waals surface area contributed by atoms with Crippen molar-refractivity contribution in [2.75, 3.05) is 20.3 Å². The van der Waals surface area contributed by atoms with Crippen LogP contribution in [-0.4, -0.2) is 30.8 Å². The molecule has 0 aliphatic heterocycles. The van der Waals surface area contributed by atoms with E-state index in [-0.39, 0.29) is 0 Å². The molecule has 3 heteroatoms. The zero-order valence-corrected chi connectivity index (χ0v) is 6.94. The first kappa shape index (κ1) is 7.14. The van der Waals surface area contributed by atoms with E-state index in [1.807, 2.05) is 0 Å². The summed E-state index contributed by atoms with van der Waals surface area (Å²) in [5.41, 5.74) is 0. The van der Waals surface area contributed by atoms with Crippen LogP contribution >= 0.6 is 0 Å². The van der Waals surface area contributed by atoms with Crippen molar-refractivity contribution in [2.24, 2.45) is 0 Å². The second-order valence-corrected chi connectivity index (χ2v) is 1.92. The van der Waals surface area contributed by atoms with Crippen molar-refractivity contribution in [1.29, 1.82) is 0 Å².